The molecule has 0 fully saturated rings. The molecule has 1 unspecified atom stereocenters. The Labute approximate surface area is 82.5 Å². The van der Waals surface area contributed by atoms with Gasteiger partial charge in [0.15, 0.2) is 0 Å². The Bertz CT molecular complexity index is 308. The first-order valence-corrected chi connectivity index (χ1v) is 4.46. The van der Waals surface area contributed by atoms with E-state index in [-0.39, 0.29) is 0 Å². The minimum atomic E-state index is -0.873. The van der Waals surface area contributed by atoms with Gasteiger partial charge in [0.2, 0.25) is 0 Å². The molecule has 0 aliphatic carbocycles. The summed E-state index contributed by atoms with van der Waals surface area (Å²) in [5.41, 5.74) is 0.543. The number of hydrogen-bond acceptors (Lipinski definition) is 3. The highest BCUT2D eigenvalue weighted by molar-refractivity contribution is 5.74. The summed E-state index contributed by atoms with van der Waals surface area (Å²) in [4.78, 5) is 14.7. The van der Waals surface area contributed by atoms with Crippen LogP contribution in [0.15, 0.2) is 18.3 Å². The number of aliphatic carboxylic acids is 1. The first-order valence-electron chi connectivity index (χ1n) is 4.46. The summed E-state index contributed by atoms with van der Waals surface area (Å²) in [5.74, 6) is -0.791. The molecule has 4 nitrogen and oxygen atoms in total. The van der Waals surface area contributed by atoms with Crippen LogP contribution >= 0.6 is 0 Å². The molecule has 1 heterocycles. The Kier molecular flexibility index (Phi) is 3.45. The first kappa shape index (κ1) is 10.5. The lowest BCUT2D eigenvalue weighted by molar-refractivity contribution is -0.138. The van der Waals surface area contributed by atoms with Crippen LogP contribution < -0.4 is 4.74 Å². The van der Waals surface area contributed by atoms with Gasteiger partial charge in [0.25, 0.3) is 0 Å². The average molecular weight is 195 g/mol. The molecular weight excluding hydrogens is 182 g/mol. The number of carbonyl (C=O) groups is 1. The molecule has 0 aliphatic heterocycles. The summed E-state index contributed by atoms with van der Waals surface area (Å²) >= 11 is 0. The predicted octanol–water partition coefficient (Wildman–Crippen LogP) is 1.67. The van der Waals surface area contributed by atoms with Crippen molar-refractivity contribution in [2.45, 2.75) is 19.8 Å². The quantitative estimate of drug-likeness (QED) is 0.793. The van der Waals surface area contributed by atoms with Crippen LogP contribution in [0, 0.1) is 0 Å². The molecule has 1 aromatic rings. The minimum absolute atomic E-state index is 0.543. The van der Waals surface area contributed by atoms with Gasteiger partial charge in [-0.25, -0.2) is 0 Å². The van der Waals surface area contributed by atoms with E-state index in [2.05, 4.69) is 4.98 Å². The fraction of sp³-hybridized carbons (Fsp3) is 0.400. The van der Waals surface area contributed by atoms with Crippen molar-refractivity contribution in [3.8, 4) is 5.75 Å². The van der Waals surface area contributed by atoms with Crippen molar-refractivity contribution in [1.82, 2.24) is 4.98 Å². The highest BCUT2D eigenvalue weighted by Crippen LogP contribution is 2.16. The molecule has 4 heteroatoms. The van der Waals surface area contributed by atoms with E-state index in [0.717, 1.165) is 0 Å². The maximum atomic E-state index is 10.6. The molecule has 0 spiro atoms. The van der Waals surface area contributed by atoms with Gasteiger partial charge in [-0.3, -0.25) is 9.78 Å². The maximum Gasteiger partial charge on any atom is 0.312 e. The molecule has 14 heavy (non-hydrogen) atoms. The highest BCUT2D eigenvalue weighted by Gasteiger charge is 2.14. The molecule has 1 N–H and O–H groups in total. The summed E-state index contributed by atoms with van der Waals surface area (Å²) in [6.07, 6.45) is 1.54. The fourth-order valence-electron chi connectivity index (χ4n) is 1.03. The fourth-order valence-corrected chi connectivity index (χ4v) is 1.03. The van der Waals surface area contributed by atoms with E-state index in [1.807, 2.05) is 6.92 Å². The molecule has 0 radical (unpaired) electrons. The summed E-state index contributed by atoms with van der Waals surface area (Å²) in [6.45, 7) is 4.06. The van der Waals surface area contributed by atoms with Crippen molar-refractivity contribution < 1.29 is 14.6 Å². The lowest BCUT2D eigenvalue weighted by Crippen LogP contribution is -2.09. The van der Waals surface area contributed by atoms with Crippen LogP contribution in [-0.4, -0.2) is 22.7 Å². The molecule has 0 saturated carbocycles. The van der Waals surface area contributed by atoms with E-state index in [1.165, 1.54) is 6.20 Å². The summed E-state index contributed by atoms with van der Waals surface area (Å²) in [6, 6.07) is 3.40. The first-order chi connectivity index (χ1) is 6.65. The van der Waals surface area contributed by atoms with Crippen LogP contribution in [0.25, 0.3) is 0 Å². The molecule has 1 rings (SSSR count). The normalized spacial score (nSPS) is 12.1. The Morgan fingerprint density at radius 2 is 2.36 bits per heavy atom. The third-order valence-corrected chi connectivity index (χ3v) is 1.88. The lowest BCUT2D eigenvalue weighted by atomic mass is 10.1. The number of ether oxygens (including phenoxy) is 1. The van der Waals surface area contributed by atoms with E-state index in [1.54, 1.807) is 19.1 Å². The number of pyridine rings is 1. The minimum Gasteiger partial charge on any atom is -0.492 e. The van der Waals surface area contributed by atoms with E-state index in [9.17, 15) is 4.79 Å². The molecule has 76 valence electrons. The van der Waals surface area contributed by atoms with Crippen LogP contribution in [0.1, 0.15) is 25.5 Å². The second kappa shape index (κ2) is 4.60. The van der Waals surface area contributed by atoms with Crippen LogP contribution in [0.5, 0.6) is 5.75 Å². The van der Waals surface area contributed by atoms with Crippen LogP contribution in [0.3, 0.4) is 0 Å². The molecule has 0 amide bonds. The highest BCUT2D eigenvalue weighted by atomic mass is 16.5. The second-order valence-corrected chi connectivity index (χ2v) is 2.91. The van der Waals surface area contributed by atoms with Crippen molar-refractivity contribution in [3.05, 3.63) is 24.0 Å². The molecule has 0 aliphatic rings. The molecule has 0 saturated heterocycles. The number of rotatable bonds is 4. The zero-order valence-electron chi connectivity index (χ0n) is 8.23. The van der Waals surface area contributed by atoms with E-state index < -0.39 is 11.9 Å². The number of hydrogen-bond donors (Lipinski definition) is 1. The van der Waals surface area contributed by atoms with Crippen molar-refractivity contribution in [1.29, 1.82) is 0 Å². The number of aromatic nitrogens is 1. The van der Waals surface area contributed by atoms with Crippen molar-refractivity contribution in [2.24, 2.45) is 0 Å². The third kappa shape index (κ3) is 2.45. The molecule has 1 aromatic heterocycles. The summed E-state index contributed by atoms with van der Waals surface area (Å²) < 4.78 is 5.19. The monoisotopic (exact) mass is 195 g/mol. The standard InChI is InChI=1S/C10H13NO3/c1-3-14-8-4-5-9(11-6-8)7(2)10(12)13/h4-7H,3H2,1-2H3,(H,12,13). The molecule has 0 bridgehead atoms. The Balaban J connectivity index is 2.77. The van der Waals surface area contributed by atoms with Crippen LogP contribution in [0.4, 0.5) is 0 Å². The maximum absolute atomic E-state index is 10.6. The van der Waals surface area contributed by atoms with Gasteiger partial charge in [-0.05, 0) is 26.0 Å². The number of carboxylic acid groups (broad SMARTS) is 1. The topological polar surface area (TPSA) is 59.4 Å². The zero-order chi connectivity index (χ0) is 10.6. The molecular formula is C10H13NO3. The van der Waals surface area contributed by atoms with Gasteiger partial charge in [-0.15, -0.1) is 0 Å². The van der Waals surface area contributed by atoms with Gasteiger partial charge in [0.1, 0.15) is 5.75 Å². The van der Waals surface area contributed by atoms with Crippen LogP contribution in [0.2, 0.25) is 0 Å². The smallest absolute Gasteiger partial charge is 0.312 e. The Hall–Kier alpha value is -1.58. The Morgan fingerprint density at radius 3 is 2.79 bits per heavy atom. The van der Waals surface area contributed by atoms with Gasteiger partial charge in [0.05, 0.1) is 24.4 Å². The van der Waals surface area contributed by atoms with Crippen LogP contribution in [-0.2, 0) is 4.79 Å². The van der Waals surface area contributed by atoms with Crippen molar-refractivity contribution in [2.75, 3.05) is 6.61 Å². The SMILES string of the molecule is CCOc1ccc(C(C)C(=O)O)nc1. The van der Waals surface area contributed by atoms with E-state index >= 15 is 0 Å². The second-order valence-electron chi connectivity index (χ2n) is 2.91. The van der Waals surface area contributed by atoms with E-state index in [0.29, 0.717) is 18.1 Å². The lowest BCUT2D eigenvalue weighted by Gasteiger charge is -2.06. The molecule has 1 atom stereocenters. The Morgan fingerprint density at radius 1 is 1.64 bits per heavy atom. The largest absolute Gasteiger partial charge is 0.492 e. The van der Waals surface area contributed by atoms with Crippen molar-refractivity contribution in [3.63, 3.8) is 0 Å². The third-order valence-electron chi connectivity index (χ3n) is 1.88. The van der Waals surface area contributed by atoms with Gasteiger partial charge in [-0.2, -0.15) is 0 Å². The number of carboxylic acids is 1. The zero-order valence-corrected chi connectivity index (χ0v) is 8.23. The van der Waals surface area contributed by atoms with Gasteiger partial charge in [-0.1, -0.05) is 0 Å². The summed E-state index contributed by atoms with van der Waals surface area (Å²) in [7, 11) is 0. The van der Waals surface area contributed by atoms with E-state index in [4.69, 9.17) is 9.84 Å². The van der Waals surface area contributed by atoms with Crippen molar-refractivity contribution >= 4 is 5.97 Å². The molecule has 0 aromatic carbocycles. The van der Waals surface area contributed by atoms with Gasteiger partial charge in [0, 0.05) is 0 Å². The van der Waals surface area contributed by atoms with Gasteiger partial charge >= 0.3 is 5.97 Å². The number of nitrogens with zero attached hydrogens (tertiary/aromatic N) is 1. The van der Waals surface area contributed by atoms with Gasteiger partial charge < -0.3 is 9.84 Å². The predicted molar refractivity (Wildman–Crippen MR) is 51.5 cm³/mol. The average Bonchev–Trinajstić information content (AvgIpc) is 2.18. The summed E-state index contributed by atoms with van der Waals surface area (Å²) in [5, 5.41) is 8.74.